The number of aromatic nitrogens is 4. The summed E-state index contributed by atoms with van der Waals surface area (Å²) >= 11 is 0. The predicted molar refractivity (Wildman–Crippen MR) is 97.5 cm³/mol. The summed E-state index contributed by atoms with van der Waals surface area (Å²) in [5.74, 6) is -0.137. The fourth-order valence-corrected chi connectivity index (χ4v) is 3.23. The van der Waals surface area contributed by atoms with Crippen LogP contribution in [-0.4, -0.2) is 49.4 Å². The molecule has 0 aliphatic carbocycles. The summed E-state index contributed by atoms with van der Waals surface area (Å²) in [6.07, 6.45) is 4.68. The van der Waals surface area contributed by atoms with Gasteiger partial charge in [-0.3, -0.25) is 19.0 Å². The summed E-state index contributed by atoms with van der Waals surface area (Å²) in [6.45, 7) is 8.29. The van der Waals surface area contributed by atoms with Gasteiger partial charge < -0.3 is 10.2 Å². The van der Waals surface area contributed by atoms with Crippen LogP contribution in [0, 0.1) is 19.8 Å². The Morgan fingerprint density at radius 1 is 1.35 bits per heavy atom. The number of carbonyl (C=O) groups is 2. The molecule has 140 valence electrons. The van der Waals surface area contributed by atoms with Crippen LogP contribution in [0.5, 0.6) is 0 Å². The van der Waals surface area contributed by atoms with E-state index >= 15 is 0 Å². The molecule has 1 N–H and O–H groups in total. The molecular weight excluding hydrogens is 332 g/mol. The van der Waals surface area contributed by atoms with Gasteiger partial charge in [-0.2, -0.15) is 10.2 Å². The Hall–Kier alpha value is -2.64. The van der Waals surface area contributed by atoms with Crippen molar-refractivity contribution in [3.05, 3.63) is 29.8 Å². The Balaban J connectivity index is 1.50. The van der Waals surface area contributed by atoms with Crippen molar-refractivity contribution < 1.29 is 9.59 Å². The molecule has 1 saturated heterocycles. The highest BCUT2D eigenvalue weighted by Crippen LogP contribution is 2.21. The molecule has 2 amide bonds. The maximum absolute atomic E-state index is 12.5. The molecule has 8 heteroatoms. The van der Waals surface area contributed by atoms with Gasteiger partial charge in [0.1, 0.15) is 0 Å². The summed E-state index contributed by atoms with van der Waals surface area (Å²) in [5, 5.41) is 11.5. The van der Waals surface area contributed by atoms with E-state index in [1.165, 1.54) is 0 Å². The molecule has 2 aromatic rings. The van der Waals surface area contributed by atoms with Crippen LogP contribution in [0.25, 0.3) is 0 Å². The lowest BCUT2D eigenvalue weighted by atomic mass is 10.1. The molecular formula is C18H26N6O2. The molecule has 0 saturated carbocycles. The van der Waals surface area contributed by atoms with E-state index in [0.29, 0.717) is 32.5 Å². The Morgan fingerprint density at radius 2 is 2.15 bits per heavy atom. The maximum atomic E-state index is 12.5. The largest absolute Gasteiger partial charge is 0.342 e. The quantitative estimate of drug-likeness (QED) is 0.850. The average molecular weight is 358 g/mol. The van der Waals surface area contributed by atoms with Gasteiger partial charge in [0.25, 0.3) is 0 Å². The van der Waals surface area contributed by atoms with Gasteiger partial charge >= 0.3 is 0 Å². The van der Waals surface area contributed by atoms with E-state index in [2.05, 4.69) is 15.5 Å². The van der Waals surface area contributed by atoms with E-state index in [-0.39, 0.29) is 17.7 Å². The van der Waals surface area contributed by atoms with Crippen LogP contribution in [0.15, 0.2) is 18.5 Å². The molecule has 1 fully saturated rings. The third-order valence-electron chi connectivity index (χ3n) is 4.91. The zero-order valence-corrected chi connectivity index (χ0v) is 15.6. The second-order valence-electron chi connectivity index (χ2n) is 6.74. The average Bonchev–Trinajstić information content (AvgIpc) is 3.34. The van der Waals surface area contributed by atoms with Gasteiger partial charge in [-0.15, -0.1) is 0 Å². The maximum Gasteiger partial charge on any atom is 0.229 e. The lowest BCUT2D eigenvalue weighted by molar-refractivity contribution is -0.130. The summed E-state index contributed by atoms with van der Waals surface area (Å²) in [4.78, 5) is 26.7. The molecule has 0 aromatic carbocycles. The highest BCUT2D eigenvalue weighted by molar-refractivity contribution is 5.93. The van der Waals surface area contributed by atoms with Crippen molar-refractivity contribution in [2.24, 2.45) is 5.92 Å². The van der Waals surface area contributed by atoms with Gasteiger partial charge in [0.15, 0.2) is 0 Å². The number of anilines is 1. The predicted octanol–water partition coefficient (Wildman–Crippen LogP) is 1.59. The Bertz CT molecular complexity index is 793. The second-order valence-corrected chi connectivity index (χ2v) is 6.74. The van der Waals surface area contributed by atoms with E-state index in [1.807, 2.05) is 37.7 Å². The molecule has 0 bridgehead atoms. The first-order chi connectivity index (χ1) is 12.5. The second kappa shape index (κ2) is 7.72. The molecule has 0 spiro atoms. The minimum atomic E-state index is -0.172. The summed E-state index contributed by atoms with van der Waals surface area (Å²) in [5.41, 5.74) is 2.59. The molecule has 3 heterocycles. The zero-order valence-electron chi connectivity index (χ0n) is 15.6. The SMILES string of the molecule is CCn1cc(NC(=O)C2CCN(C(=O)CCn3nccc3C)C2)c(C)n1. The minimum absolute atomic E-state index is 0.0398. The molecule has 2 aromatic heterocycles. The fourth-order valence-electron chi connectivity index (χ4n) is 3.23. The van der Waals surface area contributed by atoms with Gasteiger partial charge in [-0.1, -0.05) is 0 Å². The Morgan fingerprint density at radius 3 is 2.81 bits per heavy atom. The third kappa shape index (κ3) is 3.95. The van der Waals surface area contributed by atoms with Crippen LogP contribution >= 0.6 is 0 Å². The number of nitrogens with one attached hydrogen (secondary N) is 1. The zero-order chi connectivity index (χ0) is 18.7. The lowest BCUT2D eigenvalue weighted by Gasteiger charge is -2.16. The standard InChI is InChI=1S/C18H26N6O2/c1-4-23-12-16(14(3)21-23)20-18(26)15-6-9-22(11-15)17(25)7-10-24-13(2)5-8-19-24/h5,8,12,15H,4,6-7,9-11H2,1-3H3,(H,20,26). The van der Waals surface area contributed by atoms with Crippen LogP contribution in [0.2, 0.25) is 0 Å². The van der Waals surface area contributed by atoms with Gasteiger partial charge in [0.05, 0.1) is 17.3 Å². The first kappa shape index (κ1) is 18.2. The van der Waals surface area contributed by atoms with Crippen molar-refractivity contribution in [2.45, 2.75) is 46.7 Å². The van der Waals surface area contributed by atoms with E-state index in [9.17, 15) is 9.59 Å². The molecule has 1 aliphatic rings. The smallest absolute Gasteiger partial charge is 0.229 e. The first-order valence-electron chi connectivity index (χ1n) is 9.09. The Labute approximate surface area is 153 Å². The number of hydrogen-bond donors (Lipinski definition) is 1. The topological polar surface area (TPSA) is 85.0 Å². The summed E-state index contributed by atoms with van der Waals surface area (Å²) < 4.78 is 3.62. The van der Waals surface area contributed by atoms with Gasteiger partial charge in [-0.05, 0) is 33.3 Å². The monoisotopic (exact) mass is 358 g/mol. The fraction of sp³-hybridized carbons (Fsp3) is 0.556. The van der Waals surface area contributed by atoms with Crippen molar-refractivity contribution in [2.75, 3.05) is 18.4 Å². The molecule has 3 rings (SSSR count). The number of likely N-dealkylation sites (tertiary alicyclic amines) is 1. The molecule has 1 aliphatic heterocycles. The van der Waals surface area contributed by atoms with E-state index in [1.54, 1.807) is 15.8 Å². The van der Waals surface area contributed by atoms with Gasteiger partial charge in [0, 0.05) is 50.7 Å². The van der Waals surface area contributed by atoms with Crippen LogP contribution in [-0.2, 0) is 22.7 Å². The number of carbonyl (C=O) groups excluding carboxylic acids is 2. The van der Waals surface area contributed by atoms with Crippen LogP contribution in [0.1, 0.15) is 31.2 Å². The number of amides is 2. The number of aryl methyl sites for hydroxylation is 4. The van der Waals surface area contributed by atoms with E-state index in [0.717, 1.165) is 23.6 Å². The molecule has 0 radical (unpaired) electrons. The lowest BCUT2D eigenvalue weighted by Crippen LogP contribution is -2.32. The van der Waals surface area contributed by atoms with Crippen molar-refractivity contribution in [1.82, 2.24) is 24.5 Å². The van der Waals surface area contributed by atoms with Crippen molar-refractivity contribution >= 4 is 17.5 Å². The first-order valence-corrected chi connectivity index (χ1v) is 9.09. The van der Waals surface area contributed by atoms with E-state index < -0.39 is 0 Å². The molecule has 8 nitrogen and oxygen atoms in total. The molecule has 26 heavy (non-hydrogen) atoms. The third-order valence-corrected chi connectivity index (χ3v) is 4.91. The summed E-state index contributed by atoms with van der Waals surface area (Å²) in [7, 11) is 0. The van der Waals surface area contributed by atoms with Crippen molar-refractivity contribution in [3.63, 3.8) is 0 Å². The minimum Gasteiger partial charge on any atom is -0.342 e. The highest BCUT2D eigenvalue weighted by Gasteiger charge is 2.31. The highest BCUT2D eigenvalue weighted by atomic mass is 16.2. The molecule has 1 atom stereocenters. The summed E-state index contributed by atoms with van der Waals surface area (Å²) in [6, 6.07) is 1.92. The van der Waals surface area contributed by atoms with E-state index in [4.69, 9.17) is 0 Å². The van der Waals surface area contributed by atoms with Crippen LogP contribution in [0.3, 0.4) is 0 Å². The van der Waals surface area contributed by atoms with Crippen molar-refractivity contribution in [1.29, 1.82) is 0 Å². The number of rotatable bonds is 6. The Kier molecular flexibility index (Phi) is 5.39. The number of nitrogens with zero attached hydrogens (tertiary/aromatic N) is 5. The van der Waals surface area contributed by atoms with Gasteiger partial charge in [0.2, 0.25) is 11.8 Å². The van der Waals surface area contributed by atoms with Crippen molar-refractivity contribution in [3.8, 4) is 0 Å². The van der Waals surface area contributed by atoms with Crippen LogP contribution in [0.4, 0.5) is 5.69 Å². The molecule has 1 unspecified atom stereocenters. The number of hydrogen-bond acceptors (Lipinski definition) is 4. The van der Waals surface area contributed by atoms with Gasteiger partial charge in [-0.25, -0.2) is 0 Å². The van der Waals surface area contributed by atoms with Crippen LogP contribution < -0.4 is 5.32 Å². The normalized spacial score (nSPS) is 16.9.